The van der Waals surface area contributed by atoms with Crippen molar-refractivity contribution >= 4 is 0 Å². The van der Waals surface area contributed by atoms with E-state index in [-0.39, 0.29) is 5.92 Å². The van der Waals surface area contributed by atoms with Gasteiger partial charge < -0.3 is 9.84 Å². The van der Waals surface area contributed by atoms with Gasteiger partial charge in [-0.3, -0.25) is 0 Å². The number of para-hydroxylation sites is 1. The van der Waals surface area contributed by atoms with Crippen LogP contribution >= 0.6 is 0 Å². The molecular weight excluding hydrogens is 200 g/mol. The summed E-state index contributed by atoms with van der Waals surface area (Å²) in [5.74, 6) is 0.999. The molecular formula is C14H18O2. The molecule has 1 aliphatic carbocycles. The zero-order valence-corrected chi connectivity index (χ0v) is 9.60. The van der Waals surface area contributed by atoms with Gasteiger partial charge in [0.2, 0.25) is 0 Å². The fourth-order valence-corrected chi connectivity index (χ4v) is 2.24. The number of rotatable bonds is 3. The van der Waals surface area contributed by atoms with E-state index >= 15 is 0 Å². The maximum atomic E-state index is 10.3. The molecule has 0 aromatic heterocycles. The van der Waals surface area contributed by atoms with Crippen LogP contribution in [0.25, 0.3) is 0 Å². The quantitative estimate of drug-likeness (QED) is 0.790. The summed E-state index contributed by atoms with van der Waals surface area (Å²) >= 11 is 0. The molecule has 1 aromatic carbocycles. The molecule has 2 rings (SSSR count). The number of hydrogen-bond donors (Lipinski definition) is 1. The Kier molecular flexibility index (Phi) is 3.62. The van der Waals surface area contributed by atoms with Crippen molar-refractivity contribution in [3.05, 3.63) is 42.0 Å². The molecule has 0 saturated carbocycles. The standard InChI is InChI=1S/C14H18O2/c1-16-13-10-6-5-9-12(13)14(15)11-7-3-2-4-8-11/h3,5-7,9-11,14-15H,2,4,8H2,1H3/t11-,14-/m1/s1. The van der Waals surface area contributed by atoms with Gasteiger partial charge in [0.05, 0.1) is 13.2 Å². The molecule has 0 amide bonds. The number of hydrogen-bond acceptors (Lipinski definition) is 2. The SMILES string of the molecule is COc1ccccc1[C@H](O)[C@@H]1C=CCCC1. The van der Waals surface area contributed by atoms with E-state index in [0.717, 1.165) is 30.6 Å². The summed E-state index contributed by atoms with van der Waals surface area (Å²) in [6.45, 7) is 0. The second-order valence-corrected chi connectivity index (χ2v) is 4.21. The van der Waals surface area contributed by atoms with Gasteiger partial charge in [0.25, 0.3) is 0 Å². The van der Waals surface area contributed by atoms with Crippen molar-refractivity contribution in [1.29, 1.82) is 0 Å². The summed E-state index contributed by atoms with van der Waals surface area (Å²) in [4.78, 5) is 0. The Bertz CT molecular complexity index is 371. The van der Waals surface area contributed by atoms with E-state index in [9.17, 15) is 5.11 Å². The molecule has 1 N–H and O–H groups in total. The minimum atomic E-state index is -0.451. The number of aliphatic hydroxyl groups is 1. The van der Waals surface area contributed by atoms with E-state index in [1.807, 2.05) is 24.3 Å². The Morgan fingerprint density at radius 3 is 2.88 bits per heavy atom. The number of aliphatic hydroxyl groups excluding tert-OH is 1. The van der Waals surface area contributed by atoms with Gasteiger partial charge in [0.1, 0.15) is 5.75 Å². The Morgan fingerprint density at radius 1 is 1.38 bits per heavy atom. The molecule has 2 heteroatoms. The zero-order valence-electron chi connectivity index (χ0n) is 9.60. The lowest BCUT2D eigenvalue weighted by Crippen LogP contribution is -2.13. The van der Waals surface area contributed by atoms with Crippen molar-refractivity contribution in [3.8, 4) is 5.75 Å². The average Bonchev–Trinajstić information content (AvgIpc) is 2.39. The normalized spacial score (nSPS) is 21.8. The lowest BCUT2D eigenvalue weighted by Gasteiger charge is -2.24. The van der Waals surface area contributed by atoms with Crippen molar-refractivity contribution in [2.24, 2.45) is 5.92 Å². The van der Waals surface area contributed by atoms with Crippen LogP contribution in [0.15, 0.2) is 36.4 Å². The van der Waals surface area contributed by atoms with Gasteiger partial charge in [-0.15, -0.1) is 0 Å². The van der Waals surface area contributed by atoms with Crippen molar-refractivity contribution in [1.82, 2.24) is 0 Å². The summed E-state index contributed by atoms with van der Waals surface area (Å²) in [7, 11) is 1.64. The first kappa shape index (κ1) is 11.2. The minimum absolute atomic E-state index is 0.227. The summed E-state index contributed by atoms with van der Waals surface area (Å²) in [6, 6.07) is 7.69. The number of ether oxygens (including phenoxy) is 1. The second-order valence-electron chi connectivity index (χ2n) is 4.21. The van der Waals surface area contributed by atoms with Crippen LogP contribution in [-0.4, -0.2) is 12.2 Å². The van der Waals surface area contributed by atoms with Crippen LogP contribution in [0.5, 0.6) is 5.75 Å². The van der Waals surface area contributed by atoms with Gasteiger partial charge in [-0.05, 0) is 25.3 Å². The highest BCUT2D eigenvalue weighted by molar-refractivity contribution is 5.35. The van der Waals surface area contributed by atoms with Crippen LogP contribution in [0.4, 0.5) is 0 Å². The van der Waals surface area contributed by atoms with E-state index in [4.69, 9.17) is 4.74 Å². The Hall–Kier alpha value is -1.28. The highest BCUT2D eigenvalue weighted by atomic mass is 16.5. The predicted octanol–water partition coefficient (Wildman–Crippen LogP) is 3.08. The van der Waals surface area contributed by atoms with Crippen molar-refractivity contribution in [3.63, 3.8) is 0 Å². The minimum Gasteiger partial charge on any atom is -0.496 e. The molecule has 0 aliphatic heterocycles. The van der Waals surface area contributed by atoms with Crippen LogP contribution in [0.3, 0.4) is 0 Å². The number of allylic oxidation sites excluding steroid dienone is 1. The first-order valence-corrected chi connectivity index (χ1v) is 5.80. The van der Waals surface area contributed by atoms with Gasteiger partial charge >= 0.3 is 0 Å². The first-order chi connectivity index (χ1) is 7.83. The molecule has 86 valence electrons. The van der Waals surface area contributed by atoms with E-state index < -0.39 is 6.10 Å². The summed E-state index contributed by atoms with van der Waals surface area (Å²) in [5.41, 5.74) is 0.890. The molecule has 0 saturated heterocycles. The van der Waals surface area contributed by atoms with Gasteiger partial charge in [-0.25, -0.2) is 0 Å². The third-order valence-electron chi connectivity index (χ3n) is 3.15. The molecule has 0 radical (unpaired) electrons. The molecule has 0 fully saturated rings. The van der Waals surface area contributed by atoms with E-state index in [2.05, 4.69) is 12.2 Å². The van der Waals surface area contributed by atoms with Crippen molar-refractivity contribution in [2.45, 2.75) is 25.4 Å². The molecule has 0 bridgehead atoms. The molecule has 0 heterocycles. The van der Waals surface area contributed by atoms with E-state index in [1.54, 1.807) is 7.11 Å². The predicted molar refractivity (Wildman–Crippen MR) is 64.4 cm³/mol. The summed E-state index contributed by atoms with van der Waals surface area (Å²) in [6.07, 6.45) is 7.18. The van der Waals surface area contributed by atoms with Gasteiger partial charge in [0.15, 0.2) is 0 Å². The van der Waals surface area contributed by atoms with Crippen LogP contribution in [0, 0.1) is 5.92 Å². The fourth-order valence-electron chi connectivity index (χ4n) is 2.24. The maximum absolute atomic E-state index is 10.3. The Morgan fingerprint density at radius 2 is 2.19 bits per heavy atom. The molecule has 16 heavy (non-hydrogen) atoms. The van der Waals surface area contributed by atoms with Crippen LogP contribution in [0.1, 0.15) is 30.9 Å². The Labute approximate surface area is 96.6 Å². The number of methoxy groups -OCH3 is 1. The number of benzene rings is 1. The third kappa shape index (κ3) is 2.27. The summed E-state index contributed by atoms with van der Waals surface area (Å²) < 4.78 is 5.27. The third-order valence-corrected chi connectivity index (χ3v) is 3.15. The topological polar surface area (TPSA) is 29.5 Å². The van der Waals surface area contributed by atoms with Crippen LogP contribution in [0.2, 0.25) is 0 Å². The van der Waals surface area contributed by atoms with Crippen LogP contribution in [-0.2, 0) is 0 Å². The Balaban J connectivity index is 2.22. The first-order valence-electron chi connectivity index (χ1n) is 5.80. The highest BCUT2D eigenvalue weighted by Gasteiger charge is 2.22. The fraction of sp³-hybridized carbons (Fsp3) is 0.429. The monoisotopic (exact) mass is 218 g/mol. The summed E-state index contributed by atoms with van der Waals surface area (Å²) in [5, 5.41) is 10.3. The average molecular weight is 218 g/mol. The second kappa shape index (κ2) is 5.17. The molecule has 1 aromatic rings. The van der Waals surface area contributed by atoms with Gasteiger partial charge in [-0.1, -0.05) is 30.4 Å². The van der Waals surface area contributed by atoms with Gasteiger partial charge in [0, 0.05) is 11.5 Å². The maximum Gasteiger partial charge on any atom is 0.124 e. The molecule has 2 atom stereocenters. The van der Waals surface area contributed by atoms with Crippen LogP contribution < -0.4 is 4.74 Å². The largest absolute Gasteiger partial charge is 0.496 e. The van der Waals surface area contributed by atoms with Crippen molar-refractivity contribution in [2.75, 3.05) is 7.11 Å². The van der Waals surface area contributed by atoms with Gasteiger partial charge in [-0.2, -0.15) is 0 Å². The molecule has 2 nitrogen and oxygen atoms in total. The highest BCUT2D eigenvalue weighted by Crippen LogP contribution is 2.34. The zero-order chi connectivity index (χ0) is 11.4. The van der Waals surface area contributed by atoms with E-state index in [1.165, 1.54) is 0 Å². The molecule has 0 spiro atoms. The molecule has 0 unspecified atom stereocenters. The smallest absolute Gasteiger partial charge is 0.124 e. The lowest BCUT2D eigenvalue weighted by molar-refractivity contribution is 0.120. The lowest BCUT2D eigenvalue weighted by atomic mass is 9.87. The van der Waals surface area contributed by atoms with Crippen molar-refractivity contribution < 1.29 is 9.84 Å². The molecule has 1 aliphatic rings. The van der Waals surface area contributed by atoms with E-state index in [0.29, 0.717) is 0 Å².